The van der Waals surface area contributed by atoms with E-state index in [4.69, 9.17) is 0 Å². The van der Waals surface area contributed by atoms with Crippen LogP contribution < -0.4 is 5.32 Å². The van der Waals surface area contributed by atoms with Gasteiger partial charge in [-0.2, -0.15) is 5.10 Å². The van der Waals surface area contributed by atoms with Gasteiger partial charge in [0.25, 0.3) is 0 Å². The Balaban J connectivity index is 1.89. The lowest BCUT2D eigenvalue weighted by Gasteiger charge is -2.15. The highest BCUT2D eigenvalue weighted by Gasteiger charge is 2.06. The molecule has 0 saturated carbocycles. The van der Waals surface area contributed by atoms with Gasteiger partial charge in [0, 0.05) is 24.6 Å². The van der Waals surface area contributed by atoms with E-state index >= 15 is 0 Å². The van der Waals surface area contributed by atoms with Crippen LogP contribution in [0.4, 0.5) is 5.69 Å². The normalized spacial score (nSPS) is 12.4. The largest absolute Gasteiger partial charge is 0.389 e. The molecule has 0 amide bonds. The van der Waals surface area contributed by atoms with Crippen molar-refractivity contribution in [3.63, 3.8) is 0 Å². The van der Waals surface area contributed by atoms with E-state index < -0.39 is 6.10 Å². The highest BCUT2D eigenvalue weighted by Crippen LogP contribution is 2.16. The molecule has 1 atom stereocenters. The molecule has 4 nitrogen and oxygen atoms in total. The molecule has 1 aromatic carbocycles. The van der Waals surface area contributed by atoms with Crippen molar-refractivity contribution in [2.45, 2.75) is 26.5 Å². The molecule has 2 aromatic rings. The number of rotatable bonds is 5. The summed E-state index contributed by atoms with van der Waals surface area (Å²) in [6.07, 6.45) is 3.11. The van der Waals surface area contributed by atoms with Gasteiger partial charge in [0.1, 0.15) is 0 Å². The molecule has 1 heterocycles. The molecule has 0 spiro atoms. The number of aromatic nitrogens is 2. The first-order chi connectivity index (χ1) is 8.65. The third kappa shape index (κ3) is 3.34. The molecule has 4 heteroatoms. The lowest BCUT2D eigenvalue weighted by atomic mass is 10.1. The van der Waals surface area contributed by atoms with Crippen molar-refractivity contribution in [1.29, 1.82) is 0 Å². The molecule has 2 rings (SSSR count). The van der Waals surface area contributed by atoms with Gasteiger partial charge in [-0.3, -0.25) is 4.68 Å². The maximum Gasteiger partial charge on any atom is 0.0907 e. The second-order valence-electron chi connectivity index (χ2n) is 4.58. The smallest absolute Gasteiger partial charge is 0.0907 e. The first-order valence-corrected chi connectivity index (χ1v) is 6.12. The fourth-order valence-electron chi connectivity index (χ4n) is 1.84. The maximum absolute atomic E-state index is 9.92. The van der Waals surface area contributed by atoms with E-state index in [9.17, 15) is 5.11 Å². The Kier molecular flexibility index (Phi) is 3.99. The van der Waals surface area contributed by atoms with Crippen molar-refractivity contribution in [2.24, 2.45) is 0 Å². The number of aliphatic hydroxyl groups is 1. The van der Waals surface area contributed by atoms with E-state index in [2.05, 4.69) is 42.5 Å². The summed E-state index contributed by atoms with van der Waals surface area (Å²) < 4.78 is 1.73. The van der Waals surface area contributed by atoms with Crippen molar-refractivity contribution in [3.05, 3.63) is 47.8 Å². The van der Waals surface area contributed by atoms with Gasteiger partial charge in [-0.25, -0.2) is 0 Å². The molecule has 0 aliphatic carbocycles. The summed E-state index contributed by atoms with van der Waals surface area (Å²) in [5, 5.41) is 17.3. The molecule has 2 N–H and O–H groups in total. The number of hydrogen-bond acceptors (Lipinski definition) is 3. The fourth-order valence-corrected chi connectivity index (χ4v) is 1.84. The van der Waals surface area contributed by atoms with Crippen LogP contribution in [0.1, 0.15) is 11.1 Å². The van der Waals surface area contributed by atoms with E-state index in [1.54, 1.807) is 10.9 Å². The third-order valence-corrected chi connectivity index (χ3v) is 2.88. The van der Waals surface area contributed by atoms with Crippen LogP contribution >= 0.6 is 0 Å². The summed E-state index contributed by atoms with van der Waals surface area (Å²) >= 11 is 0. The summed E-state index contributed by atoms with van der Waals surface area (Å²) in [4.78, 5) is 0. The lowest BCUT2D eigenvalue weighted by Crippen LogP contribution is -2.25. The van der Waals surface area contributed by atoms with E-state index in [1.807, 2.05) is 12.3 Å². The predicted molar refractivity (Wildman–Crippen MR) is 72.6 cm³/mol. The Bertz CT molecular complexity index is 494. The topological polar surface area (TPSA) is 50.1 Å². The van der Waals surface area contributed by atoms with Gasteiger partial charge in [-0.05, 0) is 37.1 Å². The summed E-state index contributed by atoms with van der Waals surface area (Å²) in [5.74, 6) is 0. The molecule has 1 aromatic heterocycles. The molecule has 0 fully saturated rings. The molecule has 0 aliphatic heterocycles. The van der Waals surface area contributed by atoms with Crippen LogP contribution in [0, 0.1) is 13.8 Å². The highest BCUT2D eigenvalue weighted by atomic mass is 16.3. The van der Waals surface area contributed by atoms with E-state index in [0.29, 0.717) is 13.1 Å². The molecule has 0 aliphatic rings. The number of aliphatic hydroxyl groups excluding tert-OH is 1. The Labute approximate surface area is 107 Å². The molecular weight excluding hydrogens is 226 g/mol. The molecule has 0 saturated heterocycles. The average molecular weight is 245 g/mol. The maximum atomic E-state index is 9.92. The Morgan fingerprint density at radius 1 is 1.39 bits per heavy atom. The fraction of sp³-hybridized carbons (Fsp3) is 0.357. The monoisotopic (exact) mass is 245 g/mol. The zero-order valence-electron chi connectivity index (χ0n) is 10.8. The second kappa shape index (κ2) is 5.69. The second-order valence-corrected chi connectivity index (χ2v) is 4.58. The van der Waals surface area contributed by atoms with Crippen molar-refractivity contribution < 1.29 is 5.11 Å². The van der Waals surface area contributed by atoms with Crippen molar-refractivity contribution >= 4 is 5.69 Å². The van der Waals surface area contributed by atoms with Crippen LogP contribution in [0.5, 0.6) is 0 Å². The number of nitrogens with zero attached hydrogens (tertiary/aromatic N) is 2. The van der Waals surface area contributed by atoms with Crippen LogP contribution in [-0.2, 0) is 6.54 Å². The lowest BCUT2D eigenvalue weighted by molar-refractivity contribution is 0.161. The minimum absolute atomic E-state index is 0.454. The van der Waals surface area contributed by atoms with Crippen LogP contribution in [0.15, 0.2) is 36.7 Å². The SMILES string of the molecule is Cc1ccc(C)c(NCC(O)Cn2cccn2)c1. The average Bonchev–Trinajstić information content (AvgIpc) is 2.83. The van der Waals surface area contributed by atoms with Gasteiger partial charge in [-0.15, -0.1) is 0 Å². The van der Waals surface area contributed by atoms with Gasteiger partial charge in [0.2, 0.25) is 0 Å². The van der Waals surface area contributed by atoms with Crippen LogP contribution in [0.25, 0.3) is 0 Å². The minimum Gasteiger partial charge on any atom is -0.389 e. The summed E-state index contributed by atoms with van der Waals surface area (Å²) in [6.45, 7) is 5.14. The van der Waals surface area contributed by atoms with Crippen molar-refractivity contribution in [2.75, 3.05) is 11.9 Å². The van der Waals surface area contributed by atoms with E-state index in [0.717, 1.165) is 5.69 Å². The zero-order chi connectivity index (χ0) is 13.0. The van der Waals surface area contributed by atoms with Gasteiger partial charge in [-0.1, -0.05) is 12.1 Å². The summed E-state index contributed by atoms with van der Waals surface area (Å²) in [7, 11) is 0. The third-order valence-electron chi connectivity index (χ3n) is 2.88. The van der Waals surface area contributed by atoms with Crippen molar-refractivity contribution in [1.82, 2.24) is 9.78 Å². The zero-order valence-corrected chi connectivity index (χ0v) is 10.8. The molecule has 18 heavy (non-hydrogen) atoms. The quantitative estimate of drug-likeness (QED) is 0.846. The standard InChI is InChI=1S/C14H19N3O/c1-11-4-5-12(2)14(8-11)15-9-13(18)10-17-7-3-6-16-17/h3-8,13,15,18H,9-10H2,1-2H3. The van der Waals surface area contributed by atoms with Gasteiger partial charge in [0.05, 0.1) is 12.6 Å². The highest BCUT2D eigenvalue weighted by molar-refractivity contribution is 5.52. The van der Waals surface area contributed by atoms with Crippen LogP contribution in [0.3, 0.4) is 0 Å². The summed E-state index contributed by atoms with van der Waals surface area (Å²) in [6, 6.07) is 8.11. The minimum atomic E-state index is -0.454. The van der Waals surface area contributed by atoms with E-state index in [-0.39, 0.29) is 0 Å². The van der Waals surface area contributed by atoms with Crippen molar-refractivity contribution in [3.8, 4) is 0 Å². The predicted octanol–water partition coefficient (Wildman–Crippen LogP) is 1.97. The van der Waals surface area contributed by atoms with Crippen LogP contribution in [-0.4, -0.2) is 27.5 Å². The van der Waals surface area contributed by atoms with Crippen LogP contribution in [0.2, 0.25) is 0 Å². The van der Waals surface area contributed by atoms with Gasteiger partial charge < -0.3 is 10.4 Å². The Hall–Kier alpha value is -1.81. The first kappa shape index (κ1) is 12.6. The first-order valence-electron chi connectivity index (χ1n) is 6.12. The molecule has 0 bridgehead atoms. The number of benzene rings is 1. The molecule has 1 unspecified atom stereocenters. The van der Waals surface area contributed by atoms with E-state index in [1.165, 1.54) is 11.1 Å². The number of anilines is 1. The number of aryl methyl sites for hydroxylation is 2. The molecule has 96 valence electrons. The molecular formula is C14H19N3O. The van der Waals surface area contributed by atoms with Gasteiger partial charge >= 0.3 is 0 Å². The Morgan fingerprint density at radius 2 is 2.22 bits per heavy atom. The molecule has 0 radical (unpaired) electrons. The Morgan fingerprint density at radius 3 is 2.94 bits per heavy atom. The number of hydrogen-bond donors (Lipinski definition) is 2. The summed E-state index contributed by atoms with van der Waals surface area (Å²) in [5.41, 5.74) is 3.48. The number of nitrogens with one attached hydrogen (secondary N) is 1. The van der Waals surface area contributed by atoms with Gasteiger partial charge in [0.15, 0.2) is 0 Å².